The van der Waals surface area contributed by atoms with E-state index in [2.05, 4.69) is 5.32 Å². The van der Waals surface area contributed by atoms with Crippen molar-refractivity contribution >= 4 is 40.3 Å². The molecule has 0 radical (unpaired) electrons. The fourth-order valence-electron chi connectivity index (χ4n) is 2.29. The lowest BCUT2D eigenvalue weighted by Crippen LogP contribution is -2.09. The molecule has 3 nitrogen and oxygen atoms in total. The molecule has 102 valence electrons. The quantitative estimate of drug-likeness (QED) is 0.855. The Labute approximate surface area is 125 Å². The van der Waals surface area contributed by atoms with Gasteiger partial charge in [0.25, 0.3) is 0 Å². The van der Waals surface area contributed by atoms with Gasteiger partial charge >= 0.3 is 0 Å². The highest BCUT2D eigenvalue weighted by molar-refractivity contribution is 7.18. The molecule has 0 saturated carbocycles. The lowest BCUT2D eigenvalue weighted by molar-refractivity contribution is -0.116. The van der Waals surface area contributed by atoms with Gasteiger partial charge in [-0.15, -0.1) is 11.3 Å². The van der Waals surface area contributed by atoms with Crippen molar-refractivity contribution in [3.8, 4) is 0 Å². The summed E-state index contributed by atoms with van der Waals surface area (Å²) >= 11 is 7.14. The second kappa shape index (κ2) is 5.38. The van der Waals surface area contributed by atoms with Gasteiger partial charge in [-0.2, -0.15) is 0 Å². The Balaban J connectivity index is 1.94. The summed E-state index contributed by atoms with van der Waals surface area (Å²) in [7, 11) is 0. The lowest BCUT2D eigenvalue weighted by Gasteiger charge is -2.08. The van der Waals surface area contributed by atoms with E-state index in [9.17, 15) is 9.59 Å². The molecule has 0 bridgehead atoms. The number of hydrogen-bond donors (Lipinski definition) is 1. The minimum absolute atomic E-state index is 0.0275. The van der Waals surface area contributed by atoms with Gasteiger partial charge in [0.1, 0.15) is 0 Å². The molecular formula is C15H12ClNO2S. The number of amides is 1. The molecular weight excluding hydrogens is 294 g/mol. The normalized spacial score (nSPS) is 14.3. The van der Waals surface area contributed by atoms with E-state index in [1.165, 1.54) is 11.3 Å². The summed E-state index contributed by atoms with van der Waals surface area (Å²) < 4.78 is 0.607. The average Bonchev–Trinajstić information content (AvgIpc) is 2.77. The molecule has 1 aromatic heterocycles. The molecule has 1 aromatic carbocycles. The minimum atomic E-state index is -0.0275. The maximum absolute atomic E-state index is 12.4. The molecule has 3 rings (SSSR count). The molecule has 1 amide bonds. The molecule has 1 aliphatic rings. The van der Waals surface area contributed by atoms with Crippen molar-refractivity contribution < 1.29 is 9.59 Å². The number of halogens is 1. The fraction of sp³-hybridized carbons (Fsp3) is 0.200. The van der Waals surface area contributed by atoms with Crippen LogP contribution in [0.3, 0.4) is 0 Å². The maximum Gasteiger partial charge on any atom is 0.224 e. The number of nitrogens with one attached hydrogen (secondary N) is 1. The summed E-state index contributed by atoms with van der Waals surface area (Å²) in [6, 6.07) is 8.89. The van der Waals surface area contributed by atoms with E-state index < -0.39 is 0 Å². The van der Waals surface area contributed by atoms with Gasteiger partial charge in [-0.25, -0.2) is 0 Å². The van der Waals surface area contributed by atoms with Crippen molar-refractivity contribution in [2.45, 2.75) is 19.3 Å². The Morgan fingerprint density at radius 1 is 1.20 bits per heavy atom. The predicted molar refractivity (Wildman–Crippen MR) is 80.8 cm³/mol. The first-order chi connectivity index (χ1) is 9.63. The third kappa shape index (κ3) is 2.62. The summed E-state index contributed by atoms with van der Waals surface area (Å²) in [5.74, 6) is 0.00754. The Kier molecular flexibility index (Phi) is 3.59. The summed E-state index contributed by atoms with van der Waals surface area (Å²) in [5, 5.41) is 2.86. The molecule has 1 aliphatic heterocycles. The first-order valence-electron chi connectivity index (χ1n) is 6.36. The molecule has 0 saturated heterocycles. The maximum atomic E-state index is 12.4. The van der Waals surface area contributed by atoms with Crippen molar-refractivity contribution in [1.29, 1.82) is 0 Å². The molecule has 2 aromatic rings. The minimum Gasteiger partial charge on any atom is -0.326 e. The molecule has 0 atom stereocenters. The number of anilines is 1. The topological polar surface area (TPSA) is 46.2 Å². The van der Waals surface area contributed by atoms with Gasteiger partial charge in [-0.05, 0) is 48.7 Å². The second-order valence-electron chi connectivity index (χ2n) is 4.71. The number of ketones is 1. The molecule has 0 fully saturated rings. The number of rotatable bonds is 2. The number of aryl methyl sites for hydroxylation is 1. The van der Waals surface area contributed by atoms with E-state index in [0.29, 0.717) is 21.2 Å². The van der Waals surface area contributed by atoms with Crippen LogP contribution < -0.4 is 5.32 Å². The second-order valence-corrected chi connectivity index (χ2v) is 6.42. The van der Waals surface area contributed by atoms with Crippen molar-refractivity contribution in [3.05, 3.63) is 50.7 Å². The Morgan fingerprint density at radius 3 is 2.80 bits per heavy atom. The van der Waals surface area contributed by atoms with E-state index >= 15 is 0 Å². The zero-order valence-corrected chi connectivity index (χ0v) is 12.2. The largest absolute Gasteiger partial charge is 0.326 e. The third-order valence-corrected chi connectivity index (χ3v) is 4.52. The van der Waals surface area contributed by atoms with Gasteiger partial charge in [0, 0.05) is 17.7 Å². The van der Waals surface area contributed by atoms with Crippen LogP contribution >= 0.6 is 22.9 Å². The van der Waals surface area contributed by atoms with E-state index in [4.69, 9.17) is 11.6 Å². The molecule has 1 N–H and O–H groups in total. The van der Waals surface area contributed by atoms with Crippen LogP contribution in [0, 0.1) is 0 Å². The summed E-state index contributed by atoms with van der Waals surface area (Å²) in [6.45, 7) is 0. The van der Waals surface area contributed by atoms with E-state index in [0.717, 1.165) is 24.1 Å². The van der Waals surface area contributed by atoms with Crippen LogP contribution in [0.15, 0.2) is 30.3 Å². The van der Waals surface area contributed by atoms with Crippen LogP contribution in [-0.4, -0.2) is 11.7 Å². The first kappa shape index (κ1) is 13.3. The summed E-state index contributed by atoms with van der Waals surface area (Å²) in [5.41, 5.74) is 2.47. The van der Waals surface area contributed by atoms with Crippen LogP contribution in [0.5, 0.6) is 0 Å². The lowest BCUT2D eigenvalue weighted by atomic mass is 10.0. The van der Waals surface area contributed by atoms with Gasteiger partial charge in [-0.3, -0.25) is 9.59 Å². The van der Waals surface area contributed by atoms with Crippen molar-refractivity contribution in [2.75, 3.05) is 5.32 Å². The Bertz CT molecular complexity index is 693. The highest BCUT2D eigenvalue weighted by Crippen LogP contribution is 2.27. The third-order valence-electron chi connectivity index (χ3n) is 3.29. The fourth-order valence-corrected chi connectivity index (χ4v) is 3.30. The first-order valence-corrected chi connectivity index (χ1v) is 7.56. The molecule has 5 heteroatoms. The van der Waals surface area contributed by atoms with E-state index in [1.54, 1.807) is 24.3 Å². The number of carbonyl (C=O) groups excluding carboxylic acids is 2. The molecule has 0 unspecified atom stereocenters. The standard InChI is InChI=1S/C15H12ClNO2S/c16-13-7-6-12(20-13)15(19)10-4-5-11-9(8-10)2-1-3-14(18)17-11/h4-8H,1-3H2,(H,17,18). The highest BCUT2D eigenvalue weighted by atomic mass is 35.5. The van der Waals surface area contributed by atoms with Gasteiger partial charge in [0.05, 0.1) is 9.21 Å². The number of carbonyl (C=O) groups is 2. The molecule has 20 heavy (non-hydrogen) atoms. The smallest absolute Gasteiger partial charge is 0.224 e. The monoisotopic (exact) mass is 305 g/mol. The average molecular weight is 306 g/mol. The predicted octanol–water partition coefficient (Wildman–Crippen LogP) is 3.91. The van der Waals surface area contributed by atoms with Crippen LogP contribution in [0.4, 0.5) is 5.69 Å². The zero-order chi connectivity index (χ0) is 14.1. The van der Waals surface area contributed by atoms with Gasteiger partial charge in [-0.1, -0.05) is 11.6 Å². The highest BCUT2D eigenvalue weighted by Gasteiger charge is 2.17. The van der Waals surface area contributed by atoms with Crippen LogP contribution in [-0.2, 0) is 11.2 Å². The molecule has 0 spiro atoms. The molecule has 2 heterocycles. The van der Waals surface area contributed by atoms with Crippen molar-refractivity contribution in [2.24, 2.45) is 0 Å². The van der Waals surface area contributed by atoms with Crippen LogP contribution in [0.1, 0.15) is 33.6 Å². The summed E-state index contributed by atoms with van der Waals surface area (Å²) in [4.78, 5) is 24.5. The van der Waals surface area contributed by atoms with Crippen molar-refractivity contribution in [1.82, 2.24) is 0 Å². The zero-order valence-electron chi connectivity index (χ0n) is 10.6. The number of hydrogen-bond acceptors (Lipinski definition) is 3. The van der Waals surface area contributed by atoms with E-state index in [1.807, 2.05) is 6.07 Å². The van der Waals surface area contributed by atoms with Crippen LogP contribution in [0.2, 0.25) is 4.34 Å². The number of thiophene rings is 1. The summed E-state index contributed by atoms with van der Waals surface area (Å²) in [6.07, 6.45) is 2.14. The SMILES string of the molecule is O=C1CCCc2cc(C(=O)c3ccc(Cl)s3)ccc2N1. The van der Waals surface area contributed by atoms with Gasteiger partial charge < -0.3 is 5.32 Å². The van der Waals surface area contributed by atoms with Crippen molar-refractivity contribution in [3.63, 3.8) is 0 Å². The number of fused-ring (bicyclic) bond motifs is 1. The van der Waals surface area contributed by atoms with Gasteiger partial charge in [0.15, 0.2) is 0 Å². The van der Waals surface area contributed by atoms with Gasteiger partial charge in [0.2, 0.25) is 11.7 Å². The van der Waals surface area contributed by atoms with Crippen LogP contribution in [0.25, 0.3) is 0 Å². The van der Waals surface area contributed by atoms with E-state index in [-0.39, 0.29) is 11.7 Å². The molecule has 0 aliphatic carbocycles. The Hall–Kier alpha value is -1.65. The number of benzene rings is 1. The Morgan fingerprint density at radius 2 is 2.05 bits per heavy atom.